The number of nitrogens with one attached hydrogen (secondary N) is 1. The van der Waals surface area contributed by atoms with Gasteiger partial charge in [0, 0.05) is 19.5 Å². The van der Waals surface area contributed by atoms with Crippen LogP contribution in [0.15, 0.2) is 0 Å². The second-order valence-corrected chi connectivity index (χ2v) is 5.46. The van der Waals surface area contributed by atoms with Crippen LogP contribution in [0.5, 0.6) is 0 Å². The first-order valence-electron chi connectivity index (χ1n) is 7.10. The first-order valence-corrected chi connectivity index (χ1v) is 7.10. The maximum atomic E-state index is 12.1. The fourth-order valence-electron chi connectivity index (χ4n) is 2.55. The van der Waals surface area contributed by atoms with Gasteiger partial charge in [-0.25, -0.2) is 0 Å². The highest BCUT2D eigenvalue weighted by molar-refractivity contribution is 5.78. The van der Waals surface area contributed by atoms with E-state index < -0.39 is 0 Å². The van der Waals surface area contributed by atoms with Crippen molar-refractivity contribution < 1.29 is 4.79 Å². The molecule has 0 aromatic carbocycles. The summed E-state index contributed by atoms with van der Waals surface area (Å²) in [7, 11) is 1.97. The number of hydrogen-bond donors (Lipinski definition) is 1. The Labute approximate surface area is 106 Å². The van der Waals surface area contributed by atoms with E-state index in [1.807, 2.05) is 11.9 Å². The second-order valence-electron chi connectivity index (χ2n) is 5.46. The Morgan fingerprint density at radius 3 is 2.65 bits per heavy atom. The Morgan fingerprint density at radius 2 is 2.06 bits per heavy atom. The van der Waals surface area contributed by atoms with Crippen LogP contribution in [0.1, 0.15) is 46.0 Å². The minimum atomic E-state index is 0.196. The summed E-state index contributed by atoms with van der Waals surface area (Å²) < 4.78 is 0. The molecule has 0 spiro atoms. The summed E-state index contributed by atoms with van der Waals surface area (Å²) in [5.74, 6) is 1.22. The van der Waals surface area contributed by atoms with E-state index in [1.165, 1.54) is 19.3 Å². The number of carbonyl (C=O) groups excluding carboxylic acids is 1. The molecule has 1 atom stereocenters. The lowest BCUT2D eigenvalue weighted by atomic mass is 9.96. The van der Waals surface area contributed by atoms with E-state index in [0.29, 0.717) is 11.8 Å². The van der Waals surface area contributed by atoms with Gasteiger partial charge in [0.05, 0.1) is 0 Å². The molecular formula is C14H28N2O. The summed E-state index contributed by atoms with van der Waals surface area (Å²) in [5.41, 5.74) is 0. The number of unbranched alkanes of at least 4 members (excludes halogenated alkanes) is 1. The summed E-state index contributed by atoms with van der Waals surface area (Å²) in [5, 5.41) is 3.36. The Hall–Kier alpha value is -0.570. The smallest absolute Gasteiger partial charge is 0.225 e. The van der Waals surface area contributed by atoms with Gasteiger partial charge >= 0.3 is 0 Å². The fourth-order valence-corrected chi connectivity index (χ4v) is 2.55. The van der Waals surface area contributed by atoms with Crippen LogP contribution in [0, 0.1) is 11.8 Å². The Morgan fingerprint density at radius 1 is 1.41 bits per heavy atom. The number of piperidine rings is 1. The maximum absolute atomic E-state index is 12.1. The van der Waals surface area contributed by atoms with Gasteiger partial charge in [0.25, 0.3) is 0 Å². The van der Waals surface area contributed by atoms with Gasteiger partial charge in [-0.15, -0.1) is 0 Å². The molecule has 0 aliphatic carbocycles. The molecule has 1 fully saturated rings. The molecule has 0 aromatic heterocycles. The molecular weight excluding hydrogens is 212 g/mol. The summed E-state index contributed by atoms with van der Waals surface area (Å²) in [6.07, 6.45) is 5.79. The molecule has 100 valence electrons. The highest BCUT2D eigenvalue weighted by Gasteiger charge is 2.21. The molecule has 1 N–H and O–H groups in total. The van der Waals surface area contributed by atoms with Gasteiger partial charge in [0.15, 0.2) is 0 Å². The summed E-state index contributed by atoms with van der Waals surface area (Å²) in [4.78, 5) is 14.1. The zero-order valence-corrected chi connectivity index (χ0v) is 11.7. The van der Waals surface area contributed by atoms with Crippen molar-refractivity contribution in [3.8, 4) is 0 Å². The van der Waals surface area contributed by atoms with Crippen molar-refractivity contribution in [3.63, 3.8) is 0 Å². The van der Waals surface area contributed by atoms with Crippen LogP contribution in [0.25, 0.3) is 0 Å². The van der Waals surface area contributed by atoms with Crippen LogP contribution >= 0.6 is 0 Å². The molecule has 3 nitrogen and oxygen atoms in total. The van der Waals surface area contributed by atoms with Crippen molar-refractivity contribution >= 4 is 5.91 Å². The standard InChI is InChI=1S/C14H28N2O/c1-4-5-6-12(2)14(17)16(3)11-13-7-9-15-10-8-13/h12-13,15H,4-11H2,1-3H3. The van der Waals surface area contributed by atoms with Gasteiger partial charge in [-0.05, 0) is 38.3 Å². The van der Waals surface area contributed by atoms with Gasteiger partial charge in [-0.2, -0.15) is 0 Å². The van der Waals surface area contributed by atoms with E-state index >= 15 is 0 Å². The third-order valence-corrected chi connectivity index (χ3v) is 3.78. The second kappa shape index (κ2) is 7.70. The molecule has 1 saturated heterocycles. The summed E-state index contributed by atoms with van der Waals surface area (Å²) >= 11 is 0. The first kappa shape index (κ1) is 14.5. The molecule has 1 unspecified atom stereocenters. The van der Waals surface area contributed by atoms with Gasteiger partial charge in [-0.1, -0.05) is 26.7 Å². The zero-order valence-electron chi connectivity index (χ0n) is 11.7. The predicted octanol–water partition coefficient (Wildman–Crippen LogP) is 2.27. The van der Waals surface area contributed by atoms with Gasteiger partial charge in [0.1, 0.15) is 0 Å². The van der Waals surface area contributed by atoms with Crippen LogP contribution < -0.4 is 5.32 Å². The van der Waals surface area contributed by atoms with Crippen molar-refractivity contribution in [3.05, 3.63) is 0 Å². The van der Waals surface area contributed by atoms with E-state index in [9.17, 15) is 4.79 Å². The van der Waals surface area contributed by atoms with E-state index in [1.54, 1.807) is 0 Å². The third kappa shape index (κ3) is 5.07. The predicted molar refractivity (Wildman–Crippen MR) is 71.9 cm³/mol. The highest BCUT2D eigenvalue weighted by atomic mass is 16.2. The van der Waals surface area contributed by atoms with Gasteiger partial charge < -0.3 is 10.2 Å². The number of rotatable bonds is 6. The van der Waals surface area contributed by atoms with Crippen LogP contribution in [0.3, 0.4) is 0 Å². The topological polar surface area (TPSA) is 32.3 Å². The lowest BCUT2D eigenvalue weighted by molar-refractivity contribution is -0.134. The number of hydrogen-bond acceptors (Lipinski definition) is 2. The molecule has 3 heteroatoms. The molecule has 0 radical (unpaired) electrons. The number of nitrogens with zero attached hydrogens (tertiary/aromatic N) is 1. The van der Waals surface area contributed by atoms with Crippen molar-refractivity contribution in [1.82, 2.24) is 10.2 Å². The molecule has 0 saturated carbocycles. The number of carbonyl (C=O) groups is 1. The Bertz CT molecular complexity index is 224. The maximum Gasteiger partial charge on any atom is 0.225 e. The molecule has 1 heterocycles. The average molecular weight is 240 g/mol. The Balaban J connectivity index is 2.29. The highest BCUT2D eigenvalue weighted by Crippen LogP contribution is 2.16. The van der Waals surface area contributed by atoms with Crippen LogP contribution in [0.4, 0.5) is 0 Å². The zero-order chi connectivity index (χ0) is 12.7. The molecule has 1 aliphatic heterocycles. The fraction of sp³-hybridized carbons (Fsp3) is 0.929. The summed E-state index contributed by atoms with van der Waals surface area (Å²) in [6.45, 7) is 7.40. The molecule has 0 bridgehead atoms. The molecule has 17 heavy (non-hydrogen) atoms. The third-order valence-electron chi connectivity index (χ3n) is 3.78. The normalized spacial score (nSPS) is 19.0. The molecule has 0 aromatic rings. The molecule has 1 amide bonds. The van der Waals surface area contributed by atoms with Gasteiger partial charge in [-0.3, -0.25) is 4.79 Å². The van der Waals surface area contributed by atoms with Crippen molar-refractivity contribution in [2.24, 2.45) is 11.8 Å². The van der Waals surface area contributed by atoms with Gasteiger partial charge in [0.2, 0.25) is 5.91 Å². The minimum absolute atomic E-state index is 0.196. The molecule has 1 rings (SSSR count). The van der Waals surface area contributed by atoms with Crippen molar-refractivity contribution in [1.29, 1.82) is 0 Å². The first-order chi connectivity index (χ1) is 8.15. The monoisotopic (exact) mass is 240 g/mol. The van der Waals surface area contributed by atoms with Crippen LogP contribution in [0.2, 0.25) is 0 Å². The summed E-state index contributed by atoms with van der Waals surface area (Å²) in [6, 6.07) is 0. The molecule has 1 aliphatic rings. The van der Waals surface area contributed by atoms with Crippen molar-refractivity contribution in [2.75, 3.05) is 26.7 Å². The largest absolute Gasteiger partial charge is 0.345 e. The SMILES string of the molecule is CCCCC(C)C(=O)N(C)CC1CCNCC1. The van der Waals surface area contributed by atoms with Crippen LogP contribution in [-0.2, 0) is 4.79 Å². The average Bonchev–Trinajstić information content (AvgIpc) is 2.36. The lowest BCUT2D eigenvalue weighted by Gasteiger charge is -2.29. The minimum Gasteiger partial charge on any atom is -0.345 e. The van der Waals surface area contributed by atoms with Crippen LogP contribution in [-0.4, -0.2) is 37.5 Å². The van der Waals surface area contributed by atoms with E-state index in [0.717, 1.165) is 32.5 Å². The van der Waals surface area contributed by atoms with E-state index in [-0.39, 0.29) is 5.92 Å². The number of amides is 1. The quantitative estimate of drug-likeness (QED) is 0.772. The van der Waals surface area contributed by atoms with E-state index in [2.05, 4.69) is 19.2 Å². The van der Waals surface area contributed by atoms with Crippen molar-refractivity contribution in [2.45, 2.75) is 46.0 Å². The Kier molecular flexibility index (Phi) is 6.56. The lowest BCUT2D eigenvalue weighted by Crippen LogP contribution is -2.39. The van der Waals surface area contributed by atoms with E-state index in [4.69, 9.17) is 0 Å².